The molecule has 0 saturated heterocycles. The number of aliphatic carboxylic acids is 1. The number of rotatable bonds is 3. The van der Waals surface area contributed by atoms with Crippen LogP contribution in [-0.2, 0) is 9.53 Å². The summed E-state index contributed by atoms with van der Waals surface area (Å²) in [4.78, 5) is 10.9. The molecular weight excluding hydrogens is 156 g/mol. The molecular formula is C9H16O3. The molecule has 0 aromatic rings. The first kappa shape index (κ1) is 9.52. The lowest BCUT2D eigenvalue weighted by atomic mass is 9.87. The Labute approximate surface area is 72.7 Å². The Morgan fingerprint density at radius 2 is 2.42 bits per heavy atom. The fraction of sp³-hybridized carbons (Fsp3) is 0.889. The first-order valence-corrected chi connectivity index (χ1v) is 4.46. The van der Waals surface area contributed by atoms with E-state index < -0.39 is 11.4 Å². The molecule has 1 aliphatic rings. The number of hydrogen-bond donors (Lipinski definition) is 1. The van der Waals surface area contributed by atoms with Crippen LogP contribution in [0.25, 0.3) is 0 Å². The van der Waals surface area contributed by atoms with Crippen molar-refractivity contribution in [3.63, 3.8) is 0 Å². The monoisotopic (exact) mass is 172 g/mol. The Hall–Kier alpha value is -0.570. The van der Waals surface area contributed by atoms with E-state index in [2.05, 4.69) is 0 Å². The van der Waals surface area contributed by atoms with Gasteiger partial charge < -0.3 is 9.84 Å². The lowest BCUT2D eigenvalue weighted by molar-refractivity contribution is -0.155. The van der Waals surface area contributed by atoms with Crippen molar-refractivity contribution in [1.82, 2.24) is 0 Å². The largest absolute Gasteiger partial charge is 0.481 e. The van der Waals surface area contributed by atoms with Gasteiger partial charge in [0.15, 0.2) is 0 Å². The maximum absolute atomic E-state index is 10.9. The zero-order valence-electron chi connectivity index (χ0n) is 7.67. The van der Waals surface area contributed by atoms with Gasteiger partial charge >= 0.3 is 5.97 Å². The van der Waals surface area contributed by atoms with Crippen LogP contribution >= 0.6 is 0 Å². The zero-order chi connectivity index (χ0) is 9.19. The van der Waals surface area contributed by atoms with Crippen molar-refractivity contribution in [2.75, 3.05) is 6.61 Å². The molecule has 70 valence electrons. The van der Waals surface area contributed by atoms with Gasteiger partial charge in [-0.05, 0) is 33.1 Å². The normalized spacial score (nSPS) is 35.3. The summed E-state index contributed by atoms with van der Waals surface area (Å²) in [6, 6.07) is 0. The van der Waals surface area contributed by atoms with E-state index in [0.717, 1.165) is 19.3 Å². The fourth-order valence-corrected chi connectivity index (χ4v) is 1.85. The van der Waals surface area contributed by atoms with E-state index in [-0.39, 0.29) is 6.10 Å². The summed E-state index contributed by atoms with van der Waals surface area (Å²) >= 11 is 0. The second kappa shape index (κ2) is 3.44. The molecule has 3 heteroatoms. The smallest absolute Gasteiger partial charge is 0.311 e. The number of hydrogen-bond acceptors (Lipinski definition) is 2. The Morgan fingerprint density at radius 3 is 2.92 bits per heavy atom. The van der Waals surface area contributed by atoms with Gasteiger partial charge in [-0.3, -0.25) is 4.79 Å². The molecule has 1 saturated carbocycles. The minimum absolute atomic E-state index is 0.0833. The summed E-state index contributed by atoms with van der Waals surface area (Å²) in [6.07, 6.45) is 2.51. The molecule has 1 N–H and O–H groups in total. The standard InChI is InChI=1S/C9H16O3/c1-3-12-7-5-4-6-9(7,2)8(10)11/h7H,3-6H2,1-2H3,(H,10,11). The van der Waals surface area contributed by atoms with E-state index in [1.165, 1.54) is 0 Å². The Morgan fingerprint density at radius 1 is 1.75 bits per heavy atom. The van der Waals surface area contributed by atoms with E-state index in [1.54, 1.807) is 6.92 Å². The van der Waals surface area contributed by atoms with Gasteiger partial charge in [-0.1, -0.05) is 0 Å². The third-order valence-corrected chi connectivity index (χ3v) is 2.73. The SMILES string of the molecule is CCOC1CCCC1(C)C(=O)O. The average Bonchev–Trinajstić information content (AvgIpc) is 2.35. The molecule has 1 fully saturated rings. The molecule has 2 unspecified atom stereocenters. The van der Waals surface area contributed by atoms with Gasteiger partial charge in [-0.15, -0.1) is 0 Å². The van der Waals surface area contributed by atoms with E-state index >= 15 is 0 Å². The van der Waals surface area contributed by atoms with Gasteiger partial charge in [0.1, 0.15) is 0 Å². The van der Waals surface area contributed by atoms with Crippen LogP contribution in [0.1, 0.15) is 33.1 Å². The molecule has 3 nitrogen and oxygen atoms in total. The first-order chi connectivity index (χ1) is 5.61. The quantitative estimate of drug-likeness (QED) is 0.704. The highest BCUT2D eigenvalue weighted by Gasteiger charge is 2.45. The number of ether oxygens (including phenoxy) is 1. The van der Waals surface area contributed by atoms with Gasteiger partial charge in [0.05, 0.1) is 11.5 Å². The van der Waals surface area contributed by atoms with Crippen LogP contribution in [-0.4, -0.2) is 23.8 Å². The molecule has 0 spiro atoms. The molecule has 1 aliphatic carbocycles. The first-order valence-electron chi connectivity index (χ1n) is 4.46. The maximum atomic E-state index is 10.9. The van der Waals surface area contributed by atoms with Crippen molar-refractivity contribution >= 4 is 5.97 Å². The molecule has 0 bridgehead atoms. The molecule has 0 aliphatic heterocycles. The number of carboxylic acids is 1. The average molecular weight is 172 g/mol. The van der Waals surface area contributed by atoms with Crippen molar-refractivity contribution in [1.29, 1.82) is 0 Å². The Bertz CT molecular complexity index is 179. The summed E-state index contributed by atoms with van der Waals surface area (Å²) in [5.74, 6) is -0.724. The topological polar surface area (TPSA) is 46.5 Å². The van der Waals surface area contributed by atoms with Crippen LogP contribution in [0.3, 0.4) is 0 Å². The van der Waals surface area contributed by atoms with Crippen molar-refractivity contribution in [2.24, 2.45) is 5.41 Å². The second-order valence-corrected chi connectivity index (χ2v) is 3.56. The van der Waals surface area contributed by atoms with Crippen LogP contribution in [0.5, 0.6) is 0 Å². The van der Waals surface area contributed by atoms with Crippen LogP contribution in [0.4, 0.5) is 0 Å². The zero-order valence-corrected chi connectivity index (χ0v) is 7.67. The predicted molar refractivity (Wildman–Crippen MR) is 45.0 cm³/mol. The highest BCUT2D eigenvalue weighted by Crippen LogP contribution is 2.39. The van der Waals surface area contributed by atoms with Crippen LogP contribution in [0, 0.1) is 5.41 Å². The minimum atomic E-state index is -0.724. The van der Waals surface area contributed by atoms with E-state index in [4.69, 9.17) is 9.84 Å². The summed E-state index contributed by atoms with van der Waals surface area (Å²) < 4.78 is 5.40. The van der Waals surface area contributed by atoms with Crippen LogP contribution in [0.2, 0.25) is 0 Å². The molecule has 0 amide bonds. The molecule has 1 rings (SSSR count). The molecule has 2 atom stereocenters. The highest BCUT2D eigenvalue weighted by atomic mass is 16.5. The van der Waals surface area contributed by atoms with Crippen molar-refractivity contribution in [3.05, 3.63) is 0 Å². The van der Waals surface area contributed by atoms with E-state index in [9.17, 15) is 4.79 Å². The molecule has 12 heavy (non-hydrogen) atoms. The van der Waals surface area contributed by atoms with Gasteiger partial charge in [0.25, 0.3) is 0 Å². The lowest BCUT2D eigenvalue weighted by Crippen LogP contribution is -2.37. The minimum Gasteiger partial charge on any atom is -0.481 e. The molecule has 0 radical (unpaired) electrons. The van der Waals surface area contributed by atoms with Crippen molar-refractivity contribution < 1.29 is 14.6 Å². The fourth-order valence-electron chi connectivity index (χ4n) is 1.85. The van der Waals surface area contributed by atoms with Crippen LogP contribution < -0.4 is 0 Å². The molecule has 0 heterocycles. The summed E-state index contributed by atoms with van der Waals surface area (Å²) in [5.41, 5.74) is -0.643. The summed E-state index contributed by atoms with van der Waals surface area (Å²) in [6.45, 7) is 4.29. The van der Waals surface area contributed by atoms with Gasteiger partial charge in [0, 0.05) is 6.61 Å². The van der Waals surface area contributed by atoms with Gasteiger partial charge in [-0.2, -0.15) is 0 Å². The van der Waals surface area contributed by atoms with Crippen LogP contribution in [0.15, 0.2) is 0 Å². The van der Waals surface area contributed by atoms with Gasteiger partial charge in [-0.25, -0.2) is 0 Å². The number of carboxylic acid groups (broad SMARTS) is 1. The Balaban J connectivity index is 2.67. The third-order valence-electron chi connectivity index (χ3n) is 2.73. The molecule has 0 aromatic heterocycles. The highest BCUT2D eigenvalue weighted by molar-refractivity contribution is 5.75. The van der Waals surface area contributed by atoms with Crippen molar-refractivity contribution in [2.45, 2.75) is 39.2 Å². The van der Waals surface area contributed by atoms with E-state index in [1.807, 2.05) is 6.92 Å². The lowest BCUT2D eigenvalue weighted by Gasteiger charge is -2.26. The third kappa shape index (κ3) is 1.46. The maximum Gasteiger partial charge on any atom is 0.311 e. The van der Waals surface area contributed by atoms with E-state index in [0.29, 0.717) is 6.61 Å². The predicted octanol–water partition coefficient (Wildman–Crippen LogP) is 1.67. The molecule has 0 aromatic carbocycles. The second-order valence-electron chi connectivity index (χ2n) is 3.56. The number of carbonyl (C=O) groups is 1. The Kier molecular flexibility index (Phi) is 2.73. The summed E-state index contributed by atoms with van der Waals surface area (Å²) in [5, 5.41) is 8.99. The van der Waals surface area contributed by atoms with Gasteiger partial charge in [0.2, 0.25) is 0 Å². The van der Waals surface area contributed by atoms with Crippen molar-refractivity contribution in [3.8, 4) is 0 Å². The summed E-state index contributed by atoms with van der Waals surface area (Å²) in [7, 11) is 0.